The van der Waals surface area contributed by atoms with Crippen LogP contribution in [0.3, 0.4) is 0 Å². The third kappa shape index (κ3) is 6.20. The van der Waals surface area contributed by atoms with Gasteiger partial charge in [-0.2, -0.15) is 0 Å². The number of guanidine groups is 1. The van der Waals surface area contributed by atoms with E-state index < -0.39 is 0 Å². The van der Waals surface area contributed by atoms with Crippen molar-refractivity contribution in [3.63, 3.8) is 0 Å². The quantitative estimate of drug-likeness (QED) is 0.535. The summed E-state index contributed by atoms with van der Waals surface area (Å²) < 4.78 is 5.58. The van der Waals surface area contributed by atoms with Gasteiger partial charge in [0.25, 0.3) is 5.91 Å². The van der Waals surface area contributed by atoms with Gasteiger partial charge in [0.1, 0.15) is 6.10 Å². The summed E-state index contributed by atoms with van der Waals surface area (Å²) in [4.78, 5) is 25.9. The van der Waals surface area contributed by atoms with Crippen LogP contribution >= 0.6 is 11.3 Å². The van der Waals surface area contributed by atoms with E-state index in [4.69, 9.17) is 9.73 Å². The van der Waals surface area contributed by atoms with Crippen LogP contribution in [-0.4, -0.2) is 91.6 Å². The highest BCUT2D eigenvalue weighted by atomic mass is 32.1. The summed E-state index contributed by atoms with van der Waals surface area (Å²) >= 11 is 1.85. The lowest BCUT2D eigenvalue weighted by Gasteiger charge is -2.37. The molecule has 1 aromatic rings. The summed E-state index contributed by atoms with van der Waals surface area (Å²) in [5.41, 5.74) is 0. The molecular formula is C23H37N5O2S. The third-order valence-electron chi connectivity index (χ3n) is 6.60. The molecule has 0 radical (unpaired) electrons. The Morgan fingerprint density at radius 3 is 2.58 bits per heavy atom. The zero-order valence-corrected chi connectivity index (χ0v) is 19.6. The Morgan fingerprint density at radius 1 is 1.16 bits per heavy atom. The summed E-state index contributed by atoms with van der Waals surface area (Å²) in [6.45, 7) is 11.2. The fourth-order valence-electron chi connectivity index (χ4n) is 4.71. The van der Waals surface area contributed by atoms with E-state index in [1.165, 1.54) is 30.8 Å². The zero-order chi connectivity index (χ0) is 21.5. The molecule has 3 fully saturated rings. The van der Waals surface area contributed by atoms with Gasteiger partial charge in [0.15, 0.2) is 5.96 Å². The van der Waals surface area contributed by atoms with Gasteiger partial charge in [-0.15, -0.1) is 11.3 Å². The Hall–Kier alpha value is -1.64. The maximum atomic E-state index is 12.6. The van der Waals surface area contributed by atoms with Gasteiger partial charge in [0.05, 0.1) is 0 Å². The van der Waals surface area contributed by atoms with Crippen LogP contribution in [0.4, 0.5) is 0 Å². The van der Waals surface area contributed by atoms with Crippen LogP contribution in [0.2, 0.25) is 0 Å². The molecule has 8 heteroatoms. The topological polar surface area (TPSA) is 60.4 Å². The number of nitrogens with zero attached hydrogens (tertiary/aromatic N) is 4. The van der Waals surface area contributed by atoms with Gasteiger partial charge < -0.3 is 19.9 Å². The first-order chi connectivity index (χ1) is 15.2. The largest absolute Gasteiger partial charge is 0.368 e. The van der Waals surface area contributed by atoms with Crippen molar-refractivity contribution in [2.24, 2.45) is 10.9 Å². The molecule has 3 saturated heterocycles. The SMILES string of the molecule is CCNC(=NCC1CCN(Cc2cccs2)CC1)N1CCN(C(=O)C2CCCO2)CC1. The van der Waals surface area contributed by atoms with Gasteiger partial charge in [-0.25, -0.2) is 0 Å². The van der Waals surface area contributed by atoms with Crippen molar-refractivity contribution in [3.8, 4) is 0 Å². The van der Waals surface area contributed by atoms with E-state index in [9.17, 15) is 4.79 Å². The van der Waals surface area contributed by atoms with E-state index in [-0.39, 0.29) is 12.0 Å². The van der Waals surface area contributed by atoms with Crippen LogP contribution < -0.4 is 5.32 Å². The molecule has 4 heterocycles. The second-order valence-electron chi connectivity index (χ2n) is 8.81. The molecule has 1 atom stereocenters. The Bertz CT molecular complexity index is 704. The van der Waals surface area contributed by atoms with Crippen LogP contribution in [0, 0.1) is 5.92 Å². The molecule has 3 aliphatic heterocycles. The van der Waals surface area contributed by atoms with Crippen molar-refractivity contribution in [1.29, 1.82) is 0 Å². The molecule has 172 valence electrons. The zero-order valence-electron chi connectivity index (χ0n) is 18.8. The number of amides is 1. The van der Waals surface area contributed by atoms with E-state index in [0.29, 0.717) is 5.92 Å². The highest BCUT2D eigenvalue weighted by Gasteiger charge is 2.31. The minimum absolute atomic E-state index is 0.174. The molecule has 1 unspecified atom stereocenters. The number of piperazine rings is 1. The average Bonchev–Trinajstić information content (AvgIpc) is 3.52. The molecule has 4 rings (SSSR count). The van der Waals surface area contributed by atoms with Crippen molar-refractivity contribution < 1.29 is 9.53 Å². The summed E-state index contributed by atoms with van der Waals surface area (Å²) in [5, 5.41) is 5.63. The molecule has 0 bridgehead atoms. The molecule has 1 amide bonds. The smallest absolute Gasteiger partial charge is 0.251 e. The average molecular weight is 448 g/mol. The van der Waals surface area contributed by atoms with Gasteiger partial charge in [0.2, 0.25) is 0 Å². The van der Waals surface area contributed by atoms with Crippen molar-refractivity contribution in [2.45, 2.75) is 45.3 Å². The number of carbonyl (C=O) groups excluding carboxylic acids is 1. The van der Waals surface area contributed by atoms with Gasteiger partial charge in [-0.1, -0.05) is 6.07 Å². The maximum absolute atomic E-state index is 12.6. The molecule has 0 saturated carbocycles. The number of piperidine rings is 1. The predicted octanol–water partition coefficient (Wildman–Crippen LogP) is 2.25. The number of carbonyl (C=O) groups is 1. The number of thiophene rings is 1. The van der Waals surface area contributed by atoms with Gasteiger partial charge in [-0.05, 0) is 63.1 Å². The Labute approximate surface area is 190 Å². The van der Waals surface area contributed by atoms with Crippen LogP contribution in [0.25, 0.3) is 0 Å². The van der Waals surface area contributed by atoms with E-state index in [0.717, 1.165) is 71.2 Å². The van der Waals surface area contributed by atoms with Crippen LogP contribution in [-0.2, 0) is 16.1 Å². The standard InChI is InChI=1S/C23H37N5O2S/c1-2-24-23(28-13-11-27(12-14-28)22(29)21-6-3-15-30-21)25-17-19-7-9-26(10-8-19)18-20-5-4-16-31-20/h4-5,16,19,21H,2-3,6-15,17-18H2,1H3,(H,24,25). The van der Waals surface area contributed by atoms with Gasteiger partial charge in [0, 0.05) is 57.3 Å². The summed E-state index contributed by atoms with van der Waals surface area (Å²) in [6, 6.07) is 4.37. The minimum atomic E-state index is -0.209. The molecule has 0 aliphatic carbocycles. The number of nitrogens with one attached hydrogen (secondary N) is 1. The normalized spacial score (nSPS) is 24.0. The minimum Gasteiger partial charge on any atom is -0.368 e. The molecular weight excluding hydrogens is 410 g/mol. The highest BCUT2D eigenvalue weighted by Crippen LogP contribution is 2.21. The van der Waals surface area contributed by atoms with E-state index in [1.807, 2.05) is 16.2 Å². The summed E-state index contributed by atoms with van der Waals surface area (Å²) in [6.07, 6.45) is 4.10. The molecule has 3 aliphatic rings. The van der Waals surface area contributed by atoms with E-state index >= 15 is 0 Å². The fourth-order valence-corrected chi connectivity index (χ4v) is 5.45. The van der Waals surface area contributed by atoms with Crippen molar-refractivity contribution in [2.75, 3.05) is 59.0 Å². The lowest BCUT2D eigenvalue weighted by Crippen LogP contribution is -2.55. The molecule has 31 heavy (non-hydrogen) atoms. The number of rotatable bonds is 6. The Morgan fingerprint density at radius 2 is 1.94 bits per heavy atom. The number of hydrogen-bond acceptors (Lipinski definition) is 5. The summed E-state index contributed by atoms with van der Waals surface area (Å²) in [7, 11) is 0. The first kappa shape index (κ1) is 22.6. The highest BCUT2D eigenvalue weighted by molar-refractivity contribution is 7.09. The predicted molar refractivity (Wildman–Crippen MR) is 125 cm³/mol. The molecule has 1 aromatic heterocycles. The van der Waals surface area contributed by atoms with E-state index in [1.54, 1.807) is 0 Å². The number of ether oxygens (including phenoxy) is 1. The third-order valence-corrected chi connectivity index (χ3v) is 7.46. The second kappa shape index (κ2) is 11.3. The lowest BCUT2D eigenvalue weighted by atomic mass is 9.97. The van der Waals surface area contributed by atoms with Crippen molar-refractivity contribution in [1.82, 2.24) is 20.0 Å². The molecule has 7 nitrogen and oxygen atoms in total. The fraction of sp³-hybridized carbons (Fsp3) is 0.739. The Balaban J connectivity index is 1.23. The Kier molecular flexibility index (Phi) is 8.21. The first-order valence-electron chi connectivity index (χ1n) is 11.9. The molecule has 0 aromatic carbocycles. The van der Waals surface area contributed by atoms with Crippen molar-refractivity contribution in [3.05, 3.63) is 22.4 Å². The number of hydrogen-bond donors (Lipinski definition) is 1. The maximum Gasteiger partial charge on any atom is 0.251 e. The van der Waals surface area contributed by atoms with Crippen molar-refractivity contribution >= 4 is 23.2 Å². The monoisotopic (exact) mass is 447 g/mol. The van der Waals surface area contributed by atoms with E-state index in [2.05, 4.69) is 39.6 Å². The van der Waals surface area contributed by atoms with Crippen LogP contribution in [0.15, 0.2) is 22.5 Å². The van der Waals surface area contributed by atoms with Gasteiger partial charge in [-0.3, -0.25) is 14.7 Å². The van der Waals surface area contributed by atoms with Crippen LogP contribution in [0.5, 0.6) is 0 Å². The van der Waals surface area contributed by atoms with Crippen LogP contribution in [0.1, 0.15) is 37.5 Å². The second-order valence-corrected chi connectivity index (χ2v) is 9.84. The van der Waals surface area contributed by atoms with Gasteiger partial charge >= 0.3 is 0 Å². The number of aliphatic imine (C=N–C) groups is 1. The molecule has 0 spiro atoms. The summed E-state index contributed by atoms with van der Waals surface area (Å²) in [5.74, 6) is 1.84. The first-order valence-corrected chi connectivity index (χ1v) is 12.8. The number of likely N-dealkylation sites (tertiary alicyclic amines) is 1. The molecule has 1 N–H and O–H groups in total. The lowest BCUT2D eigenvalue weighted by molar-refractivity contribution is -0.142.